The molecule has 0 aromatic heterocycles. The van der Waals surface area contributed by atoms with Crippen LogP contribution in [0.4, 0.5) is 0 Å². The summed E-state index contributed by atoms with van der Waals surface area (Å²) in [7, 11) is 0. The highest BCUT2D eigenvalue weighted by Crippen LogP contribution is 2.42. The van der Waals surface area contributed by atoms with E-state index < -0.39 is 30.4 Å². The molecule has 0 radical (unpaired) electrons. The molecule has 0 aromatic rings. The Kier molecular flexibility index (Phi) is 6.57. The van der Waals surface area contributed by atoms with Gasteiger partial charge in [-0.3, -0.25) is 4.79 Å². The van der Waals surface area contributed by atoms with Gasteiger partial charge >= 0.3 is 5.97 Å². The van der Waals surface area contributed by atoms with Crippen molar-refractivity contribution in [1.29, 1.82) is 0 Å². The monoisotopic (exact) mass is 340 g/mol. The van der Waals surface area contributed by atoms with Crippen LogP contribution < -0.4 is 0 Å². The number of rotatable bonds is 7. The lowest BCUT2D eigenvalue weighted by Gasteiger charge is -2.41. The van der Waals surface area contributed by atoms with Gasteiger partial charge in [0.1, 0.15) is 0 Å². The zero-order valence-electron chi connectivity index (χ0n) is 14.0. The second kappa shape index (κ2) is 8.25. The molecule has 136 valence electrons. The minimum Gasteiger partial charge on any atom is -0.481 e. The van der Waals surface area contributed by atoms with Crippen molar-refractivity contribution in [2.45, 2.75) is 63.4 Å². The van der Waals surface area contributed by atoms with Gasteiger partial charge in [0.05, 0.1) is 30.8 Å². The van der Waals surface area contributed by atoms with Gasteiger partial charge in [0.2, 0.25) is 0 Å². The van der Waals surface area contributed by atoms with Gasteiger partial charge < -0.3 is 25.5 Å². The summed E-state index contributed by atoms with van der Waals surface area (Å²) in [4.78, 5) is 10.6. The maximum Gasteiger partial charge on any atom is 0.305 e. The molecule has 0 spiro atoms. The van der Waals surface area contributed by atoms with Crippen molar-refractivity contribution in [3.8, 4) is 0 Å². The molecule has 7 atom stereocenters. The molecule has 5 N–H and O–H groups in total. The van der Waals surface area contributed by atoms with Gasteiger partial charge in [0.25, 0.3) is 0 Å². The SMILES string of the molecule is CC1C=CC2=C[C@@H](O)C[C@H](O)[C@@H]2[C@H]1CC[C@@H](O)C[C@@H](O)CC(=O)O. The maximum absolute atomic E-state index is 10.6. The van der Waals surface area contributed by atoms with Gasteiger partial charge in [-0.15, -0.1) is 0 Å². The van der Waals surface area contributed by atoms with Crippen molar-refractivity contribution < 1.29 is 30.3 Å². The highest BCUT2D eigenvalue weighted by molar-refractivity contribution is 5.67. The Bertz CT molecular complexity index is 500. The molecule has 0 bridgehead atoms. The van der Waals surface area contributed by atoms with Crippen molar-refractivity contribution in [2.75, 3.05) is 0 Å². The van der Waals surface area contributed by atoms with Crippen molar-refractivity contribution in [3.05, 3.63) is 23.8 Å². The normalized spacial score (nSPS) is 35.0. The van der Waals surface area contributed by atoms with Gasteiger partial charge in [0, 0.05) is 12.3 Å². The second-order valence-electron chi connectivity index (χ2n) is 7.16. The molecular weight excluding hydrogens is 312 g/mol. The highest BCUT2D eigenvalue weighted by Gasteiger charge is 2.39. The third-order valence-electron chi connectivity index (χ3n) is 5.18. The van der Waals surface area contributed by atoms with Crippen LogP contribution in [-0.2, 0) is 4.79 Å². The minimum absolute atomic E-state index is 0.0396. The molecule has 24 heavy (non-hydrogen) atoms. The first-order chi connectivity index (χ1) is 11.3. The van der Waals surface area contributed by atoms with E-state index >= 15 is 0 Å². The smallest absolute Gasteiger partial charge is 0.305 e. The van der Waals surface area contributed by atoms with E-state index in [1.165, 1.54) is 0 Å². The maximum atomic E-state index is 10.6. The van der Waals surface area contributed by atoms with Gasteiger partial charge in [-0.05, 0) is 36.7 Å². The fourth-order valence-electron chi connectivity index (χ4n) is 3.99. The van der Waals surface area contributed by atoms with Crippen LogP contribution in [0.25, 0.3) is 0 Å². The van der Waals surface area contributed by atoms with Crippen molar-refractivity contribution in [3.63, 3.8) is 0 Å². The molecule has 0 aromatic carbocycles. The zero-order chi connectivity index (χ0) is 17.9. The fraction of sp³-hybridized carbons (Fsp3) is 0.722. The Hall–Kier alpha value is -1.21. The van der Waals surface area contributed by atoms with Crippen molar-refractivity contribution >= 4 is 5.97 Å². The van der Waals surface area contributed by atoms with Crippen LogP contribution in [0.3, 0.4) is 0 Å². The zero-order valence-corrected chi connectivity index (χ0v) is 14.0. The minimum atomic E-state index is -1.08. The summed E-state index contributed by atoms with van der Waals surface area (Å²) < 4.78 is 0. The largest absolute Gasteiger partial charge is 0.481 e. The molecule has 0 heterocycles. The lowest BCUT2D eigenvalue weighted by molar-refractivity contribution is -0.139. The van der Waals surface area contributed by atoms with Crippen LogP contribution in [0.5, 0.6) is 0 Å². The summed E-state index contributed by atoms with van der Waals surface area (Å²) in [5, 5.41) is 48.5. The van der Waals surface area contributed by atoms with E-state index in [9.17, 15) is 25.2 Å². The number of fused-ring (bicyclic) bond motifs is 1. The number of hydrogen-bond acceptors (Lipinski definition) is 5. The molecule has 1 unspecified atom stereocenters. The number of allylic oxidation sites excluding steroid dienone is 2. The van der Waals surface area contributed by atoms with Gasteiger partial charge in [-0.2, -0.15) is 0 Å². The van der Waals surface area contributed by atoms with E-state index in [-0.39, 0.29) is 30.6 Å². The number of aliphatic carboxylic acids is 1. The van der Waals surface area contributed by atoms with Crippen LogP contribution in [0, 0.1) is 17.8 Å². The standard InChI is InChI=1S/C18H28O6/c1-10-2-3-11-6-13(20)8-16(22)18(11)15(10)5-4-12(19)7-14(21)9-17(23)24/h2-3,6,10,12-16,18-22H,4-5,7-9H2,1H3,(H,23,24)/t10?,12-,13-,14-,15+,16+,18+/m1/s1. The third kappa shape index (κ3) is 4.89. The van der Waals surface area contributed by atoms with Crippen molar-refractivity contribution in [1.82, 2.24) is 0 Å². The van der Waals surface area contributed by atoms with Gasteiger partial charge in [-0.1, -0.05) is 25.2 Å². The van der Waals surface area contributed by atoms with Crippen LogP contribution in [0.2, 0.25) is 0 Å². The molecule has 0 saturated heterocycles. The van der Waals surface area contributed by atoms with Crippen LogP contribution in [0.1, 0.15) is 39.0 Å². The Morgan fingerprint density at radius 3 is 2.67 bits per heavy atom. The molecule has 6 nitrogen and oxygen atoms in total. The molecule has 0 aliphatic heterocycles. The van der Waals surface area contributed by atoms with Crippen molar-refractivity contribution in [2.24, 2.45) is 17.8 Å². The van der Waals surface area contributed by atoms with E-state index in [0.29, 0.717) is 19.3 Å². The Morgan fingerprint density at radius 2 is 2.00 bits per heavy atom. The van der Waals surface area contributed by atoms with E-state index in [2.05, 4.69) is 13.0 Å². The van der Waals surface area contributed by atoms with E-state index in [1.54, 1.807) is 6.08 Å². The number of aliphatic hydroxyl groups is 4. The average Bonchev–Trinajstić information content (AvgIpc) is 2.45. The summed E-state index contributed by atoms with van der Waals surface area (Å²) in [5.41, 5.74) is 0.949. The van der Waals surface area contributed by atoms with Crippen LogP contribution in [-0.4, -0.2) is 55.9 Å². The molecule has 2 aliphatic carbocycles. The number of aliphatic hydroxyl groups excluding tert-OH is 4. The second-order valence-corrected chi connectivity index (χ2v) is 7.16. The molecule has 2 aliphatic rings. The van der Waals surface area contributed by atoms with E-state index in [4.69, 9.17) is 5.11 Å². The topological polar surface area (TPSA) is 118 Å². The number of carboxylic acid groups (broad SMARTS) is 1. The summed E-state index contributed by atoms with van der Waals surface area (Å²) in [6, 6.07) is 0. The number of carboxylic acids is 1. The Labute approximate surface area is 142 Å². The third-order valence-corrected chi connectivity index (χ3v) is 5.18. The van der Waals surface area contributed by atoms with E-state index in [0.717, 1.165) is 5.57 Å². The van der Waals surface area contributed by atoms with Gasteiger partial charge in [0.15, 0.2) is 0 Å². The molecular formula is C18H28O6. The first-order valence-corrected chi connectivity index (χ1v) is 8.62. The molecule has 0 saturated carbocycles. The first-order valence-electron chi connectivity index (χ1n) is 8.62. The predicted molar refractivity (Wildman–Crippen MR) is 88.1 cm³/mol. The lowest BCUT2D eigenvalue weighted by atomic mass is 9.66. The predicted octanol–water partition coefficient (Wildman–Crippen LogP) is 0.843. The Balaban J connectivity index is 1.94. The summed E-state index contributed by atoms with van der Waals surface area (Å²) >= 11 is 0. The quantitative estimate of drug-likeness (QED) is 0.469. The summed E-state index contributed by atoms with van der Waals surface area (Å²) in [5.74, 6) is -0.743. The fourth-order valence-corrected chi connectivity index (χ4v) is 3.99. The molecule has 0 amide bonds. The average molecular weight is 340 g/mol. The summed E-state index contributed by atoms with van der Waals surface area (Å²) in [6.45, 7) is 2.07. The van der Waals surface area contributed by atoms with Gasteiger partial charge in [-0.25, -0.2) is 0 Å². The van der Waals surface area contributed by atoms with Crippen LogP contribution >= 0.6 is 0 Å². The molecule has 2 rings (SSSR count). The number of carbonyl (C=O) groups is 1. The lowest BCUT2D eigenvalue weighted by Crippen LogP contribution is -2.40. The summed E-state index contributed by atoms with van der Waals surface area (Å²) in [6.07, 6.45) is 3.87. The van der Waals surface area contributed by atoms with Crippen LogP contribution in [0.15, 0.2) is 23.8 Å². The highest BCUT2D eigenvalue weighted by atomic mass is 16.4. The molecule has 0 fully saturated rings. The van der Waals surface area contributed by atoms with E-state index in [1.807, 2.05) is 6.08 Å². The molecule has 6 heteroatoms. The first kappa shape index (κ1) is 19.1. The Morgan fingerprint density at radius 1 is 1.29 bits per heavy atom. The number of hydrogen-bond donors (Lipinski definition) is 5.